The van der Waals surface area contributed by atoms with Gasteiger partial charge in [0.05, 0.1) is 12.1 Å². The molecule has 0 unspecified atom stereocenters. The van der Waals surface area contributed by atoms with Gasteiger partial charge in [-0.1, -0.05) is 0 Å². The van der Waals surface area contributed by atoms with Gasteiger partial charge in [-0.25, -0.2) is 19.9 Å². The number of rotatable bonds is 0. The van der Waals surface area contributed by atoms with Gasteiger partial charge in [0.1, 0.15) is 0 Å². The van der Waals surface area contributed by atoms with Crippen LogP contribution in [0.3, 0.4) is 0 Å². The average Bonchev–Trinajstić information content (AvgIpc) is 3.01. The molecular formula is C26H22B2F8N6O4Ru2. The van der Waals surface area contributed by atoms with Gasteiger partial charge in [-0.05, 0) is 62.4 Å². The molecule has 0 aromatic carbocycles. The van der Waals surface area contributed by atoms with E-state index in [0.717, 1.165) is 33.5 Å². The summed E-state index contributed by atoms with van der Waals surface area (Å²) in [6, 6.07) is 19.4. The third-order valence-corrected chi connectivity index (χ3v) is 3.21. The van der Waals surface area contributed by atoms with Gasteiger partial charge in [0.25, 0.3) is 0 Å². The summed E-state index contributed by atoms with van der Waals surface area (Å²) in [5, 5.41) is 16.8. The van der Waals surface area contributed by atoms with Crippen LogP contribution in [0.15, 0.2) is 60.9 Å². The average molecular weight is 858 g/mol. The van der Waals surface area contributed by atoms with E-state index in [2.05, 4.69) is 46.5 Å². The van der Waals surface area contributed by atoms with Gasteiger partial charge < -0.3 is 34.5 Å². The number of hydrogen-bond acceptors (Lipinski definition) is 6. The number of aromatic nitrogens is 4. The number of fused-ring (bicyclic) bond motifs is 2. The minimum atomic E-state index is -6.00. The molecule has 4 aromatic heterocycles. The number of hydrogen-bond donors (Lipinski definition) is 0. The summed E-state index contributed by atoms with van der Waals surface area (Å²) in [5.74, 6) is 0. The second-order valence-electron chi connectivity index (χ2n) is 6.44. The van der Waals surface area contributed by atoms with E-state index in [0.29, 0.717) is 0 Å². The molecule has 4 heterocycles. The summed E-state index contributed by atoms with van der Waals surface area (Å²) in [5.41, 5.74) is 3.67. The van der Waals surface area contributed by atoms with Crippen molar-refractivity contribution in [1.82, 2.24) is 19.9 Å². The van der Waals surface area contributed by atoms with Crippen LogP contribution < -0.4 is 0 Å². The molecule has 258 valence electrons. The molecule has 0 atom stereocenters. The Labute approximate surface area is 297 Å². The number of aryl methyl sites for hydroxylation is 2. The molecule has 0 amide bonds. The molecule has 0 saturated carbocycles. The first-order valence-electron chi connectivity index (χ1n) is 11.1. The van der Waals surface area contributed by atoms with Crippen LogP contribution >= 0.6 is 0 Å². The molecule has 48 heavy (non-hydrogen) atoms. The van der Waals surface area contributed by atoms with Gasteiger partial charge in [0.15, 0.2) is 11.3 Å². The van der Waals surface area contributed by atoms with Crippen LogP contribution in [0.5, 0.6) is 0 Å². The Morgan fingerprint density at radius 1 is 0.542 bits per heavy atom. The van der Waals surface area contributed by atoms with Crippen molar-refractivity contribution in [3.63, 3.8) is 0 Å². The van der Waals surface area contributed by atoms with E-state index >= 15 is 0 Å². The number of halogens is 8. The van der Waals surface area contributed by atoms with E-state index in [1.807, 2.05) is 62.4 Å². The van der Waals surface area contributed by atoms with Gasteiger partial charge >= 0.3 is 98.7 Å². The maximum Gasteiger partial charge on any atom is 1.00 e. The fourth-order valence-corrected chi connectivity index (χ4v) is 2.10. The Morgan fingerprint density at radius 3 is 0.958 bits per heavy atom. The van der Waals surface area contributed by atoms with Crippen molar-refractivity contribution in [3.8, 4) is 12.1 Å². The molecule has 0 aliphatic rings. The largest absolute Gasteiger partial charge is 1.00 e. The Morgan fingerprint density at radius 2 is 0.750 bits per heavy atom. The zero-order chi connectivity index (χ0) is 37.8. The van der Waals surface area contributed by atoms with Crippen LogP contribution in [0, 0.1) is 63.1 Å². The summed E-state index contributed by atoms with van der Waals surface area (Å²) in [7, 11) is -12.0. The van der Waals surface area contributed by atoms with Crippen molar-refractivity contribution in [2.24, 2.45) is 0 Å². The van der Waals surface area contributed by atoms with Crippen molar-refractivity contribution in [2.45, 2.75) is 27.7 Å². The summed E-state index contributed by atoms with van der Waals surface area (Å²) in [4.78, 5) is 16.8. The van der Waals surface area contributed by atoms with E-state index in [1.54, 1.807) is 24.5 Å². The van der Waals surface area contributed by atoms with Crippen LogP contribution in [0.2, 0.25) is 0 Å². The third kappa shape index (κ3) is 54.4. The smallest absolute Gasteiger partial charge is 1.00 e. The molecule has 0 N–H and O–H groups in total. The summed E-state index contributed by atoms with van der Waals surface area (Å²) < 4.78 is 108. The zero-order valence-electron chi connectivity index (χ0n) is 25.0. The second kappa shape index (κ2) is 42.9. The topological polar surface area (TPSA) is 179 Å². The van der Waals surface area contributed by atoms with E-state index in [-0.39, 0.29) is 39.0 Å². The van der Waals surface area contributed by atoms with Gasteiger partial charge in [-0.2, -0.15) is 10.5 Å². The molecule has 22 heteroatoms. The second-order valence-corrected chi connectivity index (χ2v) is 6.44. The normalized spacial score (nSPS) is 7.71. The van der Waals surface area contributed by atoms with Crippen molar-refractivity contribution in [2.75, 3.05) is 0 Å². The van der Waals surface area contributed by atoms with Gasteiger partial charge in [-0.15, -0.1) is 0 Å². The molecule has 0 fully saturated rings. The summed E-state index contributed by atoms with van der Waals surface area (Å²) in [6.45, 7) is 24.8. The Kier molecular flexibility index (Phi) is 56.0. The first-order valence-corrected chi connectivity index (χ1v) is 11.1. The minimum absolute atomic E-state index is 0. The monoisotopic (exact) mass is 860 g/mol. The summed E-state index contributed by atoms with van der Waals surface area (Å²) in [6.07, 6.45) is 3.52. The van der Waals surface area contributed by atoms with Crippen molar-refractivity contribution in [3.05, 3.63) is 98.9 Å². The molecule has 2 radical (unpaired) electrons. The maximum absolute atomic E-state index is 9.75. The van der Waals surface area contributed by atoms with Gasteiger partial charge in [-0.3, -0.25) is 0 Å². The van der Waals surface area contributed by atoms with Crippen LogP contribution in [-0.4, -0.2) is 34.4 Å². The molecule has 0 saturated heterocycles. The van der Waals surface area contributed by atoms with Crippen LogP contribution in [0.4, 0.5) is 34.5 Å². The van der Waals surface area contributed by atoms with E-state index in [9.17, 15) is 34.5 Å². The number of nitrogens with zero attached hydrogens (tertiary/aromatic N) is 6. The van der Waals surface area contributed by atoms with E-state index in [1.165, 1.54) is 13.8 Å². The molecule has 4 rings (SSSR count). The maximum atomic E-state index is 9.75. The zero-order valence-corrected chi connectivity index (χ0v) is 28.5. The molecule has 0 bridgehead atoms. The fraction of sp³-hybridized carbons (Fsp3) is 0.154. The van der Waals surface area contributed by atoms with Crippen LogP contribution in [-0.2, 0) is 57.6 Å². The van der Waals surface area contributed by atoms with E-state index < -0.39 is 14.5 Å². The molecule has 10 nitrogen and oxygen atoms in total. The first kappa shape index (κ1) is 62.7. The first-order chi connectivity index (χ1) is 21.5. The molecular weight excluding hydrogens is 836 g/mol. The predicted octanol–water partition coefficient (Wildman–Crippen LogP) is 7.38. The fourth-order valence-electron chi connectivity index (χ4n) is 2.10. The van der Waals surface area contributed by atoms with E-state index in [4.69, 9.17) is 29.1 Å². The minimum Gasteiger partial charge on any atom is 1.00 e. The number of nitriles is 2. The molecule has 0 spiro atoms. The van der Waals surface area contributed by atoms with Crippen molar-refractivity contribution < 1.29 is 92.1 Å². The standard InChI is InChI=1S/2C9H8N2.2C2H3N.4CO.2BF4.2Ru/c2*1-7-4-5-8-3-2-6-10-9(8)11-7;2*1-2-3;4*1-2;2*2-1(3,4)5;;/h2*2-6H,1H3;2*1H3;;;;;;;;/q;;;;;;;;2*-1;2*+1. The molecule has 0 aliphatic carbocycles. The van der Waals surface area contributed by atoms with Gasteiger partial charge in [0.2, 0.25) is 0 Å². The number of pyridine rings is 4. The van der Waals surface area contributed by atoms with Crippen LogP contribution in [0.25, 0.3) is 22.1 Å². The van der Waals surface area contributed by atoms with Crippen LogP contribution in [0.1, 0.15) is 25.2 Å². The molecule has 4 aromatic rings. The van der Waals surface area contributed by atoms with Crippen molar-refractivity contribution >= 4 is 36.6 Å². The quantitative estimate of drug-likeness (QED) is 0.0771. The van der Waals surface area contributed by atoms with Gasteiger partial charge in [0, 0.05) is 48.4 Å². The SMILES string of the molecule is CC#N.CC#N.Cc1ccc2cccnc2n1.Cc1ccc2cccnc2n1.F[B-](F)(F)F.F[B-](F)(F)F.[C-]#[O+].[C-]#[O+].[C-]#[O+].[C-]#[O+].[Ru+].[Ru+]. The summed E-state index contributed by atoms with van der Waals surface area (Å²) >= 11 is 0. The third-order valence-electron chi connectivity index (χ3n) is 3.21. The Hall–Kier alpha value is -4.12. The predicted molar refractivity (Wildman–Crippen MR) is 147 cm³/mol. The molecule has 0 aliphatic heterocycles. The Balaban J connectivity index is -0.0000000674. The Bertz CT molecular complexity index is 1380. The van der Waals surface area contributed by atoms with Crippen molar-refractivity contribution in [1.29, 1.82) is 10.5 Å².